The molecule has 0 N–H and O–H groups in total. The summed E-state index contributed by atoms with van der Waals surface area (Å²) >= 11 is 0. The fourth-order valence-corrected chi connectivity index (χ4v) is 11.9. The van der Waals surface area contributed by atoms with Gasteiger partial charge in [-0.3, -0.25) is 9.59 Å². The Morgan fingerprint density at radius 1 is 0.523 bits per heavy atom. The predicted octanol–water partition coefficient (Wildman–Crippen LogP) is 5.94. The molecule has 0 spiro atoms. The number of esters is 2. The van der Waals surface area contributed by atoms with Gasteiger partial charge in [0, 0.05) is 35.0 Å². The van der Waals surface area contributed by atoms with Crippen molar-refractivity contribution in [2.45, 2.75) is 167 Å². The topological polar surface area (TPSA) is 127 Å². The fraction of sp³-hybridized carbons (Fsp3) is 0.938. The standard InChI is InChI=1S/C32H60N2O8S2/c1-29(2)19-15-20-30(3,4)33(29)43(37,38)25-23-41-27(35)17-13-11-9-10-12-14-18-28(36)42-24-26-44(39,40)34-31(5,6)21-16-22-32(34,7)8/h9-26H2,1-8H3. The van der Waals surface area contributed by atoms with Gasteiger partial charge in [-0.1, -0.05) is 25.7 Å². The van der Waals surface area contributed by atoms with E-state index in [1.807, 2.05) is 55.4 Å². The normalized spacial score (nSPS) is 21.9. The molecule has 2 aliphatic heterocycles. The van der Waals surface area contributed by atoms with E-state index in [1.54, 1.807) is 8.61 Å². The summed E-state index contributed by atoms with van der Waals surface area (Å²) in [5, 5.41) is 0. The molecule has 0 aromatic carbocycles. The maximum Gasteiger partial charge on any atom is 0.305 e. The van der Waals surface area contributed by atoms with Crippen molar-refractivity contribution in [3.05, 3.63) is 0 Å². The van der Waals surface area contributed by atoms with Crippen LogP contribution in [0.1, 0.15) is 145 Å². The number of hydrogen-bond donors (Lipinski definition) is 0. The largest absolute Gasteiger partial charge is 0.465 e. The Hall–Kier alpha value is -1.24. The number of carbonyl (C=O) groups is 2. The molecule has 0 aromatic rings. The van der Waals surface area contributed by atoms with Crippen molar-refractivity contribution in [3.8, 4) is 0 Å². The van der Waals surface area contributed by atoms with Gasteiger partial charge in [0.1, 0.15) is 13.2 Å². The molecule has 2 saturated heterocycles. The highest BCUT2D eigenvalue weighted by molar-refractivity contribution is 7.89. The van der Waals surface area contributed by atoms with Crippen LogP contribution >= 0.6 is 0 Å². The molecule has 258 valence electrons. The number of ether oxygens (including phenoxy) is 2. The van der Waals surface area contributed by atoms with E-state index < -0.39 is 42.2 Å². The second-order valence-corrected chi connectivity index (χ2v) is 19.1. The monoisotopic (exact) mass is 664 g/mol. The second-order valence-electron chi connectivity index (χ2n) is 15.2. The van der Waals surface area contributed by atoms with Crippen LogP contribution in [0.2, 0.25) is 0 Å². The molecule has 44 heavy (non-hydrogen) atoms. The van der Waals surface area contributed by atoms with Crippen LogP contribution in [-0.2, 0) is 39.1 Å². The Kier molecular flexibility index (Phi) is 13.8. The van der Waals surface area contributed by atoms with Crippen molar-refractivity contribution in [1.82, 2.24) is 8.61 Å². The van der Waals surface area contributed by atoms with Crippen LogP contribution in [0.5, 0.6) is 0 Å². The van der Waals surface area contributed by atoms with Crippen LogP contribution in [0.4, 0.5) is 0 Å². The lowest BCUT2D eigenvalue weighted by Crippen LogP contribution is -2.61. The molecule has 0 bridgehead atoms. The van der Waals surface area contributed by atoms with Crippen molar-refractivity contribution in [2.24, 2.45) is 0 Å². The van der Waals surface area contributed by atoms with Gasteiger partial charge >= 0.3 is 11.9 Å². The van der Waals surface area contributed by atoms with Crippen LogP contribution in [-0.4, -0.2) is 84.3 Å². The lowest BCUT2D eigenvalue weighted by molar-refractivity contribution is -0.144. The van der Waals surface area contributed by atoms with Gasteiger partial charge in [-0.25, -0.2) is 16.8 Å². The number of nitrogens with zero attached hydrogens (tertiary/aromatic N) is 2. The first-order valence-corrected chi connectivity index (χ1v) is 19.7. The zero-order valence-electron chi connectivity index (χ0n) is 28.7. The van der Waals surface area contributed by atoms with Gasteiger partial charge in [0.2, 0.25) is 20.0 Å². The quantitative estimate of drug-likeness (QED) is 0.138. The Morgan fingerprint density at radius 3 is 1.09 bits per heavy atom. The van der Waals surface area contributed by atoms with Gasteiger partial charge in [-0.2, -0.15) is 8.61 Å². The minimum atomic E-state index is -3.57. The van der Waals surface area contributed by atoms with Crippen LogP contribution in [0.25, 0.3) is 0 Å². The van der Waals surface area contributed by atoms with Gasteiger partial charge in [0.15, 0.2) is 0 Å². The number of hydrogen-bond acceptors (Lipinski definition) is 8. The summed E-state index contributed by atoms with van der Waals surface area (Å²) in [5.74, 6) is -1.18. The zero-order valence-corrected chi connectivity index (χ0v) is 30.3. The van der Waals surface area contributed by atoms with Crippen LogP contribution < -0.4 is 0 Å². The highest BCUT2D eigenvalue weighted by Crippen LogP contribution is 2.41. The molecule has 0 amide bonds. The molecule has 0 aromatic heterocycles. The summed E-state index contributed by atoms with van der Waals surface area (Å²) in [6, 6.07) is 0. The molecule has 2 rings (SSSR count). The van der Waals surface area contributed by atoms with Crippen LogP contribution in [0.3, 0.4) is 0 Å². The summed E-state index contributed by atoms with van der Waals surface area (Å²) in [6.07, 6.45) is 10.5. The van der Waals surface area contributed by atoms with Crippen molar-refractivity contribution in [2.75, 3.05) is 24.7 Å². The van der Waals surface area contributed by atoms with E-state index in [2.05, 4.69) is 0 Å². The third kappa shape index (κ3) is 11.2. The molecular weight excluding hydrogens is 604 g/mol. The highest BCUT2D eigenvalue weighted by Gasteiger charge is 2.49. The number of rotatable bonds is 17. The van der Waals surface area contributed by atoms with Gasteiger partial charge in [-0.15, -0.1) is 0 Å². The maximum absolute atomic E-state index is 13.1. The van der Waals surface area contributed by atoms with Gasteiger partial charge < -0.3 is 9.47 Å². The van der Waals surface area contributed by atoms with Crippen molar-refractivity contribution < 1.29 is 35.9 Å². The Labute approximate surface area is 268 Å². The lowest BCUT2D eigenvalue weighted by atomic mass is 9.83. The molecule has 0 unspecified atom stereocenters. The minimum absolute atomic E-state index is 0.139. The van der Waals surface area contributed by atoms with Crippen LogP contribution in [0.15, 0.2) is 0 Å². The first kappa shape index (κ1) is 38.9. The minimum Gasteiger partial charge on any atom is -0.465 e. The molecular formula is C32H60N2O8S2. The van der Waals surface area contributed by atoms with E-state index in [0.29, 0.717) is 12.8 Å². The number of unbranched alkanes of at least 4 members (excludes halogenated alkanes) is 5. The maximum atomic E-state index is 13.1. The molecule has 2 heterocycles. The number of piperidine rings is 2. The van der Waals surface area contributed by atoms with E-state index in [4.69, 9.17) is 9.47 Å². The zero-order chi connectivity index (χ0) is 33.5. The highest BCUT2D eigenvalue weighted by atomic mass is 32.2. The first-order chi connectivity index (χ1) is 20.1. The SMILES string of the molecule is CC1(C)CCCC(C)(C)N1S(=O)(=O)CCOC(=O)CCCCCCCCC(=O)OCCS(=O)(=O)N1C(C)(C)CCCC1(C)C. The van der Waals surface area contributed by atoms with Gasteiger partial charge in [-0.05, 0) is 107 Å². The molecule has 0 aliphatic carbocycles. The smallest absolute Gasteiger partial charge is 0.305 e. The lowest BCUT2D eigenvalue weighted by Gasteiger charge is -2.51. The van der Waals surface area contributed by atoms with Crippen molar-refractivity contribution >= 4 is 32.0 Å². The molecule has 12 heteroatoms. The van der Waals surface area contributed by atoms with Crippen LogP contribution in [0, 0.1) is 0 Å². The van der Waals surface area contributed by atoms with E-state index in [0.717, 1.165) is 64.2 Å². The third-order valence-electron chi connectivity index (χ3n) is 9.13. The molecule has 0 saturated carbocycles. The van der Waals surface area contributed by atoms with Crippen molar-refractivity contribution in [1.29, 1.82) is 0 Å². The number of sulfonamides is 2. The summed E-state index contributed by atoms with van der Waals surface area (Å²) in [5.41, 5.74) is -1.85. The second kappa shape index (κ2) is 15.6. The third-order valence-corrected chi connectivity index (χ3v) is 13.6. The van der Waals surface area contributed by atoms with E-state index >= 15 is 0 Å². The summed E-state index contributed by atoms with van der Waals surface area (Å²) in [4.78, 5) is 24.3. The van der Waals surface area contributed by atoms with E-state index in [-0.39, 0.29) is 49.5 Å². The van der Waals surface area contributed by atoms with Gasteiger partial charge in [0.05, 0.1) is 11.5 Å². The fourth-order valence-electron chi connectivity index (χ4n) is 7.55. The average Bonchev–Trinajstić information content (AvgIpc) is 2.82. The average molecular weight is 665 g/mol. The van der Waals surface area contributed by atoms with E-state index in [1.165, 1.54) is 0 Å². The molecule has 2 aliphatic rings. The predicted molar refractivity (Wildman–Crippen MR) is 174 cm³/mol. The van der Waals surface area contributed by atoms with Gasteiger partial charge in [0.25, 0.3) is 0 Å². The summed E-state index contributed by atoms with van der Waals surface area (Å²) in [7, 11) is -7.14. The summed E-state index contributed by atoms with van der Waals surface area (Å²) in [6.45, 7) is 15.4. The van der Waals surface area contributed by atoms with Crippen molar-refractivity contribution in [3.63, 3.8) is 0 Å². The van der Waals surface area contributed by atoms with E-state index in [9.17, 15) is 26.4 Å². The first-order valence-electron chi connectivity index (χ1n) is 16.5. The molecule has 0 atom stereocenters. The Morgan fingerprint density at radius 2 is 0.795 bits per heavy atom. The molecule has 2 fully saturated rings. The molecule has 10 nitrogen and oxygen atoms in total. The number of carbonyl (C=O) groups excluding carboxylic acids is 2. The Bertz CT molecular complexity index is 1050. The Balaban J connectivity index is 1.55. The summed E-state index contributed by atoms with van der Waals surface area (Å²) < 4.78 is 66.1. The molecule has 0 radical (unpaired) electrons.